The van der Waals surface area contributed by atoms with Crippen LogP contribution in [0.2, 0.25) is 0 Å². The molecule has 2 aromatic heterocycles. The Bertz CT molecular complexity index is 708. The summed E-state index contributed by atoms with van der Waals surface area (Å²) in [6, 6.07) is 0. The molecule has 0 radical (unpaired) electrons. The monoisotopic (exact) mass is 345 g/mol. The first-order chi connectivity index (χ1) is 12.2. The number of hydrogen-bond donors (Lipinski definition) is 0. The molecule has 25 heavy (non-hydrogen) atoms. The molecule has 0 aliphatic carbocycles. The second-order valence-corrected chi connectivity index (χ2v) is 7.00. The highest BCUT2D eigenvalue weighted by Gasteiger charge is 2.27. The number of hydrogen-bond acceptors (Lipinski definition) is 6. The first-order valence-electron chi connectivity index (χ1n) is 9.04. The van der Waals surface area contributed by atoms with Crippen molar-refractivity contribution < 1.29 is 4.39 Å². The minimum Gasteiger partial charge on any atom is -0.340 e. The topological polar surface area (TPSA) is 63.0 Å². The normalized spacial score (nSPS) is 21.8. The van der Waals surface area contributed by atoms with Crippen molar-refractivity contribution in [3.05, 3.63) is 29.9 Å². The van der Waals surface area contributed by atoms with E-state index in [2.05, 4.69) is 41.6 Å². The molecule has 0 aromatic carbocycles. The number of halogens is 1. The van der Waals surface area contributed by atoms with E-state index in [-0.39, 0.29) is 0 Å². The van der Waals surface area contributed by atoms with Gasteiger partial charge in [-0.2, -0.15) is 0 Å². The fourth-order valence-electron chi connectivity index (χ4n) is 3.85. The Labute approximate surface area is 146 Å². The first kappa shape index (κ1) is 16.4. The average Bonchev–Trinajstić information content (AvgIpc) is 3.27. The van der Waals surface area contributed by atoms with E-state index in [1.807, 2.05) is 0 Å². The van der Waals surface area contributed by atoms with Gasteiger partial charge in [-0.15, -0.1) is 10.2 Å². The average molecular weight is 345 g/mol. The number of piperidine rings is 1. The van der Waals surface area contributed by atoms with Gasteiger partial charge < -0.3 is 9.47 Å². The summed E-state index contributed by atoms with van der Waals surface area (Å²) in [7, 11) is 2.06. The standard InChI is InChI=1S/C17H24FN7/c1-23-15(12-24-6-2-3-7-24)21-22-16(23)13-5-4-8-25(11-13)17-19-9-14(18)10-20-17/h9-10,13H,2-8,11-12H2,1H3/t13-/m1/s1. The van der Waals surface area contributed by atoms with Crippen LogP contribution >= 0.6 is 0 Å². The zero-order valence-corrected chi connectivity index (χ0v) is 14.6. The molecule has 2 saturated heterocycles. The van der Waals surface area contributed by atoms with Gasteiger partial charge in [-0.3, -0.25) is 4.90 Å². The van der Waals surface area contributed by atoms with Crippen molar-refractivity contribution >= 4 is 5.95 Å². The highest BCUT2D eigenvalue weighted by molar-refractivity contribution is 5.31. The molecular formula is C17H24FN7. The molecule has 2 aliphatic heterocycles. The molecule has 0 amide bonds. The third-order valence-corrected chi connectivity index (χ3v) is 5.24. The molecule has 4 rings (SSSR count). The molecule has 0 bridgehead atoms. The molecular weight excluding hydrogens is 321 g/mol. The summed E-state index contributed by atoms with van der Waals surface area (Å²) in [5.74, 6) is 2.54. The molecule has 0 unspecified atom stereocenters. The predicted octanol–water partition coefficient (Wildman–Crippen LogP) is 1.72. The van der Waals surface area contributed by atoms with Gasteiger partial charge in [0.05, 0.1) is 18.9 Å². The zero-order chi connectivity index (χ0) is 17.2. The maximum atomic E-state index is 13.0. The number of nitrogens with zero attached hydrogens (tertiary/aromatic N) is 7. The highest BCUT2D eigenvalue weighted by atomic mass is 19.1. The van der Waals surface area contributed by atoms with E-state index < -0.39 is 5.82 Å². The Morgan fingerprint density at radius 3 is 2.60 bits per heavy atom. The lowest BCUT2D eigenvalue weighted by atomic mass is 9.97. The van der Waals surface area contributed by atoms with Crippen LogP contribution in [0.25, 0.3) is 0 Å². The molecule has 0 N–H and O–H groups in total. The Hall–Kier alpha value is -2.09. The van der Waals surface area contributed by atoms with Gasteiger partial charge in [0.15, 0.2) is 5.82 Å². The molecule has 0 saturated carbocycles. The van der Waals surface area contributed by atoms with Crippen molar-refractivity contribution in [1.29, 1.82) is 0 Å². The van der Waals surface area contributed by atoms with Crippen LogP contribution in [0.1, 0.15) is 43.3 Å². The van der Waals surface area contributed by atoms with Gasteiger partial charge in [-0.05, 0) is 38.8 Å². The van der Waals surface area contributed by atoms with Crippen molar-refractivity contribution in [3.63, 3.8) is 0 Å². The van der Waals surface area contributed by atoms with Crippen LogP contribution in [0.4, 0.5) is 10.3 Å². The largest absolute Gasteiger partial charge is 0.340 e. The van der Waals surface area contributed by atoms with Gasteiger partial charge in [0.2, 0.25) is 5.95 Å². The molecule has 1 atom stereocenters. The van der Waals surface area contributed by atoms with Crippen molar-refractivity contribution in [3.8, 4) is 0 Å². The number of anilines is 1. The van der Waals surface area contributed by atoms with E-state index in [9.17, 15) is 4.39 Å². The van der Waals surface area contributed by atoms with Crippen LogP contribution in [0.15, 0.2) is 12.4 Å². The summed E-state index contributed by atoms with van der Waals surface area (Å²) in [6.45, 7) is 4.87. The summed E-state index contributed by atoms with van der Waals surface area (Å²) in [5.41, 5.74) is 0. The Morgan fingerprint density at radius 1 is 1.08 bits per heavy atom. The quantitative estimate of drug-likeness (QED) is 0.841. The zero-order valence-electron chi connectivity index (χ0n) is 14.6. The fraction of sp³-hybridized carbons (Fsp3) is 0.647. The van der Waals surface area contributed by atoms with Crippen LogP contribution in [-0.4, -0.2) is 55.8 Å². The summed E-state index contributed by atoms with van der Waals surface area (Å²) < 4.78 is 15.2. The summed E-state index contributed by atoms with van der Waals surface area (Å²) in [5, 5.41) is 8.92. The fourth-order valence-corrected chi connectivity index (χ4v) is 3.85. The van der Waals surface area contributed by atoms with Crippen LogP contribution in [0.5, 0.6) is 0 Å². The molecule has 2 aromatic rings. The van der Waals surface area contributed by atoms with Crippen molar-refractivity contribution in [2.45, 2.75) is 38.1 Å². The lowest BCUT2D eigenvalue weighted by Gasteiger charge is -2.32. The van der Waals surface area contributed by atoms with Crippen LogP contribution in [-0.2, 0) is 13.6 Å². The Balaban J connectivity index is 1.47. The van der Waals surface area contributed by atoms with Crippen molar-refractivity contribution in [1.82, 2.24) is 29.6 Å². The van der Waals surface area contributed by atoms with Gasteiger partial charge in [-0.1, -0.05) is 0 Å². The highest BCUT2D eigenvalue weighted by Crippen LogP contribution is 2.28. The summed E-state index contributed by atoms with van der Waals surface area (Å²) in [6.07, 6.45) is 7.12. The predicted molar refractivity (Wildman–Crippen MR) is 91.7 cm³/mol. The van der Waals surface area contributed by atoms with E-state index in [0.29, 0.717) is 11.9 Å². The van der Waals surface area contributed by atoms with Gasteiger partial charge in [-0.25, -0.2) is 14.4 Å². The molecule has 4 heterocycles. The maximum Gasteiger partial charge on any atom is 0.225 e. The molecule has 7 nitrogen and oxygen atoms in total. The molecule has 134 valence electrons. The van der Waals surface area contributed by atoms with Gasteiger partial charge in [0.1, 0.15) is 11.6 Å². The number of aromatic nitrogens is 5. The lowest BCUT2D eigenvalue weighted by Crippen LogP contribution is -2.36. The third kappa shape index (κ3) is 3.49. The Kier molecular flexibility index (Phi) is 4.61. The van der Waals surface area contributed by atoms with E-state index in [1.165, 1.54) is 25.2 Å². The SMILES string of the molecule is Cn1c(CN2CCCC2)nnc1[C@@H]1CCCN(c2ncc(F)cn2)C1. The smallest absolute Gasteiger partial charge is 0.225 e. The molecule has 2 fully saturated rings. The first-order valence-corrected chi connectivity index (χ1v) is 9.04. The van der Waals surface area contributed by atoms with Crippen LogP contribution in [0.3, 0.4) is 0 Å². The second kappa shape index (κ2) is 7.03. The Morgan fingerprint density at radius 2 is 1.84 bits per heavy atom. The molecule has 0 spiro atoms. The van der Waals surface area contributed by atoms with E-state index in [1.54, 1.807) is 0 Å². The number of likely N-dealkylation sites (tertiary alicyclic amines) is 1. The third-order valence-electron chi connectivity index (χ3n) is 5.24. The van der Waals surface area contributed by atoms with E-state index in [4.69, 9.17) is 0 Å². The van der Waals surface area contributed by atoms with Gasteiger partial charge in [0.25, 0.3) is 0 Å². The van der Waals surface area contributed by atoms with Crippen molar-refractivity contribution in [2.24, 2.45) is 7.05 Å². The minimum absolute atomic E-state index is 0.298. The van der Waals surface area contributed by atoms with Crippen LogP contribution < -0.4 is 4.90 Å². The van der Waals surface area contributed by atoms with Crippen molar-refractivity contribution in [2.75, 3.05) is 31.1 Å². The number of rotatable bonds is 4. The van der Waals surface area contributed by atoms with E-state index >= 15 is 0 Å². The summed E-state index contributed by atoms with van der Waals surface area (Å²) in [4.78, 5) is 12.8. The van der Waals surface area contributed by atoms with E-state index in [0.717, 1.165) is 57.2 Å². The molecule has 2 aliphatic rings. The van der Waals surface area contributed by atoms with Gasteiger partial charge >= 0.3 is 0 Å². The molecule has 8 heteroatoms. The maximum absolute atomic E-state index is 13.0. The van der Waals surface area contributed by atoms with Gasteiger partial charge in [0, 0.05) is 26.1 Å². The van der Waals surface area contributed by atoms with Crippen LogP contribution in [0, 0.1) is 5.82 Å². The lowest BCUT2D eigenvalue weighted by molar-refractivity contribution is 0.317. The minimum atomic E-state index is -0.405. The summed E-state index contributed by atoms with van der Waals surface area (Å²) >= 11 is 0. The second-order valence-electron chi connectivity index (χ2n) is 7.00.